The van der Waals surface area contributed by atoms with Crippen molar-refractivity contribution in [1.82, 2.24) is 9.97 Å². The van der Waals surface area contributed by atoms with Gasteiger partial charge in [0.25, 0.3) is 0 Å². The fourth-order valence-electron chi connectivity index (χ4n) is 7.05. The molecule has 8 rings (SSSR count). The number of aromatic nitrogens is 2. The molecule has 0 aliphatic heterocycles. The molecule has 0 spiro atoms. The van der Waals surface area contributed by atoms with Crippen molar-refractivity contribution in [2.45, 2.75) is 17.3 Å². The van der Waals surface area contributed by atoms with E-state index in [1.165, 1.54) is 31.8 Å². The largest absolute Gasteiger partial charge is 1.00 e. The fourth-order valence-corrected chi connectivity index (χ4v) is 18.6. The normalized spacial score (nSPS) is 10.9. The highest BCUT2D eigenvalue weighted by molar-refractivity contribution is 14.1. The van der Waals surface area contributed by atoms with E-state index in [-0.39, 0.29) is 47.5 Å². The molecule has 1 atom stereocenters. The van der Waals surface area contributed by atoms with Crippen LogP contribution in [0.3, 0.4) is 0 Å². The van der Waals surface area contributed by atoms with Crippen molar-refractivity contribution >= 4 is 68.9 Å². The topological polar surface area (TPSA) is 46.0 Å². The Morgan fingerprint density at radius 1 is 0.431 bits per heavy atom. The van der Waals surface area contributed by atoms with E-state index in [1.807, 2.05) is 24.5 Å². The number of rotatable bonds is 10. The molecular formula is C50H49ClI2N2OP2. The lowest BCUT2D eigenvalue weighted by molar-refractivity contribution is -0.001000. The third kappa shape index (κ3) is 11.1. The second-order valence-electron chi connectivity index (χ2n) is 12.6. The smallest absolute Gasteiger partial charge is 0.175 e. The molecule has 2 heterocycles. The van der Waals surface area contributed by atoms with Crippen LogP contribution < -0.4 is 68.2 Å². The first-order valence-corrected chi connectivity index (χ1v) is 23.3. The van der Waals surface area contributed by atoms with Crippen molar-refractivity contribution in [1.29, 1.82) is 0 Å². The van der Waals surface area contributed by atoms with Crippen LogP contribution >= 0.6 is 37.1 Å². The van der Waals surface area contributed by atoms with Gasteiger partial charge >= 0.3 is 0 Å². The highest BCUT2D eigenvalue weighted by Crippen LogP contribution is 2.69. The lowest BCUT2D eigenvalue weighted by Gasteiger charge is -2.31. The van der Waals surface area contributed by atoms with Crippen LogP contribution in [-0.2, 0) is 6.16 Å². The first kappa shape index (κ1) is 48.6. The second-order valence-corrected chi connectivity index (χ2v) is 21.8. The van der Waals surface area contributed by atoms with Gasteiger partial charge in [-0.05, 0) is 120 Å². The first-order chi connectivity index (χ1) is 27.2. The lowest BCUT2D eigenvalue weighted by atomic mass is 10.3. The summed E-state index contributed by atoms with van der Waals surface area (Å²) in [6, 6.07) is 78.1. The van der Waals surface area contributed by atoms with Crippen LogP contribution in [0.4, 0.5) is 0 Å². The van der Waals surface area contributed by atoms with Gasteiger partial charge in [-0.1, -0.05) is 129 Å². The molecule has 6 aromatic carbocycles. The van der Waals surface area contributed by atoms with Crippen LogP contribution in [0.25, 0.3) is 0 Å². The molecular weight excluding hydrogens is 996 g/mol. The number of benzene rings is 6. The van der Waals surface area contributed by atoms with Gasteiger partial charge in [-0.15, -0.1) is 0 Å². The molecule has 0 aliphatic rings. The van der Waals surface area contributed by atoms with Gasteiger partial charge in [0.15, 0.2) is 3.67 Å². The standard InChI is InChI=1S/C24H20INP.C24H21NP.CH4O.CH4.ClH.HI/c25-24(23-18-10-11-19-26-23)27(20-12-4-1-5-13-20,21-14-6-2-7-15-21)22-16-8-3-9-17-22;1-4-13-22(14-5-1)26(23-15-6-2-7-16-23,24-17-8-3-9-18-24)20-21-12-10-11-19-25-21;1-2;;;/h1-19,24H;1-19H,20H2;2H,1H3;1H4;2*1H/q2*+1;;;;/p-2. The van der Waals surface area contributed by atoms with Crippen LogP contribution in [0.2, 0.25) is 0 Å². The lowest BCUT2D eigenvalue weighted by Crippen LogP contribution is -3.00. The summed E-state index contributed by atoms with van der Waals surface area (Å²) >= 11 is 2.62. The number of pyridine rings is 2. The summed E-state index contributed by atoms with van der Waals surface area (Å²) in [6.07, 6.45) is 4.72. The van der Waals surface area contributed by atoms with E-state index < -0.39 is 14.5 Å². The van der Waals surface area contributed by atoms with Crippen LogP contribution in [0, 0.1) is 0 Å². The highest BCUT2D eigenvalue weighted by Gasteiger charge is 2.52. The molecule has 1 unspecified atom stereocenters. The molecule has 0 radical (unpaired) electrons. The van der Waals surface area contributed by atoms with Crippen molar-refractivity contribution < 1.29 is 41.5 Å². The maximum Gasteiger partial charge on any atom is 0.175 e. The zero-order chi connectivity index (χ0) is 38.2. The number of hydrogen-bond donors (Lipinski definition) is 1. The number of hydrogen-bond acceptors (Lipinski definition) is 3. The third-order valence-corrected chi connectivity index (χ3v) is 21.2. The van der Waals surface area contributed by atoms with Crippen LogP contribution in [-0.4, -0.2) is 22.2 Å². The SMILES string of the molecule is C.CO.IC(c1ccccn1)[P+](c1ccccc1)(c1ccccc1)c1ccccc1.[Cl-].[I-].c1ccc([P+](Cc2ccccn2)(c2ccccc2)c2ccccc2)cc1. The average molecular weight is 1050 g/mol. The Hall–Kier alpha value is -3.81. The van der Waals surface area contributed by atoms with Crippen LogP contribution in [0.1, 0.15) is 22.5 Å². The number of aliphatic hydroxyl groups excluding tert-OH is 1. The highest BCUT2D eigenvalue weighted by atomic mass is 127. The van der Waals surface area contributed by atoms with Gasteiger partial charge in [0.05, 0.1) is 11.4 Å². The van der Waals surface area contributed by atoms with Crippen LogP contribution in [0.15, 0.2) is 231 Å². The first-order valence-electron chi connectivity index (χ1n) is 18.2. The van der Waals surface area contributed by atoms with Gasteiger partial charge < -0.3 is 41.5 Å². The van der Waals surface area contributed by atoms with E-state index in [9.17, 15) is 0 Å². The molecule has 0 aliphatic carbocycles. The van der Waals surface area contributed by atoms with E-state index in [0.717, 1.165) is 24.7 Å². The van der Waals surface area contributed by atoms with Gasteiger partial charge in [0, 0.05) is 19.5 Å². The summed E-state index contributed by atoms with van der Waals surface area (Å²) in [5, 5.41) is 15.3. The fraction of sp³-hybridized carbons (Fsp3) is 0.0800. The molecule has 1 N–H and O–H groups in total. The molecule has 3 nitrogen and oxygen atoms in total. The summed E-state index contributed by atoms with van der Waals surface area (Å²) in [5.41, 5.74) is 2.26. The predicted octanol–water partition coefficient (Wildman–Crippen LogP) is 4.34. The van der Waals surface area contributed by atoms with E-state index in [2.05, 4.69) is 234 Å². The third-order valence-electron chi connectivity index (χ3n) is 9.48. The van der Waals surface area contributed by atoms with Gasteiger partial charge in [-0.2, -0.15) is 0 Å². The number of aliphatic hydroxyl groups is 1. The quantitative estimate of drug-likeness (QED) is 0.126. The molecule has 0 saturated carbocycles. The van der Waals surface area contributed by atoms with Crippen LogP contribution in [0.5, 0.6) is 0 Å². The summed E-state index contributed by atoms with van der Waals surface area (Å²) in [7, 11) is -2.78. The molecule has 8 aromatic rings. The van der Waals surface area contributed by atoms with Gasteiger partial charge in [-0.25, -0.2) is 0 Å². The minimum Gasteiger partial charge on any atom is -1.00 e. The summed E-state index contributed by atoms with van der Waals surface area (Å²) in [4.78, 5) is 9.41. The number of halogens is 3. The summed E-state index contributed by atoms with van der Waals surface area (Å²) in [5.74, 6) is 0. The van der Waals surface area contributed by atoms with E-state index >= 15 is 0 Å². The Kier molecular flexibility index (Phi) is 20.9. The van der Waals surface area contributed by atoms with Gasteiger partial charge in [-0.3, -0.25) is 9.97 Å². The minimum atomic E-state index is -1.94. The number of alkyl halides is 1. The molecule has 0 amide bonds. The Labute approximate surface area is 383 Å². The van der Waals surface area contributed by atoms with E-state index in [1.54, 1.807) is 0 Å². The van der Waals surface area contributed by atoms with Gasteiger partial charge in [0.1, 0.15) is 52.5 Å². The van der Waals surface area contributed by atoms with Crippen molar-refractivity contribution in [3.63, 3.8) is 0 Å². The summed E-state index contributed by atoms with van der Waals surface area (Å²) in [6.45, 7) is 0. The van der Waals surface area contributed by atoms with Crippen molar-refractivity contribution in [2.75, 3.05) is 7.11 Å². The maximum absolute atomic E-state index is 7.00. The molecule has 2 aromatic heterocycles. The Morgan fingerprint density at radius 2 is 0.724 bits per heavy atom. The number of nitrogens with zero attached hydrogens (tertiary/aromatic N) is 2. The van der Waals surface area contributed by atoms with Crippen molar-refractivity contribution in [3.05, 3.63) is 242 Å². The minimum absolute atomic E-state index is 0. The van der Waals surface area contributed by atoms with Gasteiger partial charge in [0.2, 0.25) is 0 Å². The molecule has 58 heavy (non-hydrogen) atoms. The molecule has 8 heteroatoms. The van der Waals surface area contributed by atoms with E-state index in [0.29, 0.717) is 0 Å². The van der Waals surface area contributed by atoms with Crippen molar-refractivity contribution in [2.24, 2.45) is 0 Å². The zero-order valence-electron chi connectivity index (χ0n) is 31.6. The zero-order valence-corrected chi connectivity index (χ0v) is 38.5. The monoisotopic (exact) mass is 1040 g/mol. The van der Waals surface area contributed by atoms with Crippen molar-refractivity contribution in [3.8, 4) is 0 Å². The molecule has 0 saturated heterocycles. The summed E-state index contributed by atoms with van der Waals surface area (Å²) < 4.78 is 0.239. The maximum atomic E-state index is 7.00. The Bertz CT molecular complexity index is 2070. The van der Waals surface area contributed by atoms with E-state index in [4.69, 9.17) is 10.1 Å². The Morgan fingerprint density at radius 3 is 1.02 bits per heavy atom. The average Bonchev–Trinajstić information content (AvgIpc) is 3.29. The predicted molar refractivity (Wildman–Crippen MR) is 254 cm³/mol. The Balaban J connectivity index is 0.000000284. The molecule has 296 valence electrons. The molecule has 0 bridgehead atoms. The molecule has 0 fully saturated rings. The second kappa shape index (κ2) is 25.0.